The van der Waals surface area contributed by atoms with Gasteiger partial charge in [0.25, 0.3) is 0 Å². The average Bonchev–Trinajstić information content (AvgIpc) is 3.76. The quantitative estimate of drug-likeness (QED) is 0.180. The minimum absolute atomic E-state index is 0.486. The highest BCUT2D eigenvalue weighted by molar-refractivity contribution is 6.13. The lowest BCUT2D eigenvalue weighted by atomic mass is 10.0. The molecule has 0 saturated carbocycles. The zero-order chi connectivity index (χ0) is 35.6. The number of aromatic nitrogens is 7. The van der Waals surface area contributed by atoms with E-state index in [1.54, 1.807) is 12.4 Å². The molecule has 0 aliphatic carbocycles. The fraction of sp³-hybridized carbons (Fsp3) is 0. The van der Waals surface area contributed by atoms with Gasteiger partial charge in [0.2, 0.25) is 5.95 Å². The van der Waals surface area contributed by atoms with Crippen LogP contribution in [-0.4, -0.2) is 34.1 Å². The van der Waals surface area contributed by atoms with Crippen LogP contribution in [-0.2, 0) is 0 Å². The lowest BCUT2D eigenvalue weighted by Gasteiger charge is -2.12. The van der Waals surface area contributed by atoms with Crippen molar-refractivity contribution in [3.8, 4) is 45.8 Å². The molecular formula is C47H29N7. The molecule has 0 spiro atoms. The van der Waals surface area contributed by atoms with Gasteiger partial charge in [0, 0.05) is 39.3 Å². The zero-order valence-corrected chi connectivity index (χ0v) is 28.9. The van der Waals surface area contributed by atoms with Crippen LogP contribution < -0.4 is 0 Å². The van der Waals surface area contributed by atoms with E-state index in [-0.39, 0.29) is 0 Å². The summed E-state index contributed by atoms with van der Waals surface area (Å²) in [5.41, 5.74) is 9.16. The Hall–Kier alpha value is -7.51. The molecule has 0 aliphatic heterocycles. The molecule has 54 heavy (non-hydrogen) atoms. The third kappa shape index (κ3) is 4.72. The average molecular weight is 692 g/mol. The molecule has 252 valence electrons. The number of fused-ring (bicyclic) bond motifs is 7. The van der Waals surface area contributed by atoms with E-state index in [2.05, 4.69) is 146 Å². The van der Waals surface area contributed by atoms with Crippen molar-refractivity contribution in [3.05, 3.63) is 176 Å². The van der Waals surface area contributed by atoms with Crippen LogP contribution in [0.1, 0.15) is 0 Å². The van der Waals surface area contributed by atoms with E-state index in [4.69, 9.17) is 15.0 Å². The van der Waals surface area contributed by atoms with Gasteiger partial charge in [0.1, 0.15) is 11.4 Å². The SMILES string of the molecule is c1ccc(-c2nc(-c3ccccn3)nc(-n3c4ccccc4c4cc(-c5ccc6c(c5)c5ccccc5n6-c5cccc6ccccc56)ccc43)n2)nc1. The molecule has 11 rings (SSSR count). The molecule has 7 nitrogen and oxygen atoms in total. The Kier molecular flexibility index (Phi) is 6.72. The van der Waals surface area contributed by atoms with Crippen molar-refractivity contribution >= 4 is 54.4 Å². The smallest absolute Gasteiger partial charge is 0.238 e. The van der Waals surface area contributed by atoms with Crippen molar-refractivity contribution in [2.75, 3.05) is 0 Å². The third-order valence-electron chi connectivity index (χ3n) is 10.3. The number of hydrogen-bond donors (Lipinski definition) is 0. The molecule has 0 fully saturated rings. The van der Waals surface area contributed by atoms with Gasteiger partial charge in [-0.25, -0.2) is 4.98 Å². The summed E-state index contributed by atoms with van der Waals surface area (Å²) in [6, 6.07) is 57.3. The van der Waals surface area contributed by atoms with Crippen LogP contribution in [0.5, 0.6) is 0 Å². The molecule has 7 heteroatoms. The van der Waals surface area contributed by atoms with E-state index in [0.29, 0.717) is 29.0 Å². The zero-order valence-electron chi connectivity index (χ0n) is 28.9. The summed E-state index contributed by atoms with van der Waals surface area (Å²) in [4.78, 5) is 24.0. The number of pyridine rings is 2. The second kappa shape index (κ2) is 12.0. The van der Waals surface area contributed by atoms with Crippen molar-refractivity contribution in [1.29, 1.82) is 0 Å². The second-order valence-corrected chi connectivity index (χ2v) is 13.4. The summed E-state index contributed by atoms with van der Waals surface area (Å²) < 4.78 is 4.52. The lowest BCUT2D eigenvalue weighted by molar-refractivity contribution is 0.943. The highest BCUT2D eigenvalue weighted by atomic mass is 15.2. The van der Waals surface area contributed by atoms with E-state index in [1.807, 2.05) is 36.4 Å². The van der Waals surface area contributed by atoms with E-state index >= 15 is 0 Å². The molecule has 11 aromatic rings. The van der Waals surface area contributed by atoms with Gasteiger partial charge in [-0.3, -0.25) is 14.5 Å². The summed E-state index contributed by atoms with van der Waals surface area (Å²) >= 11 is 0. The molecule has 0 aliphatic rings. The minimum atomic E-state index is 0.486. The van der Waals surface area contributed by atoms with Crippen molar-refractivity contribution in [3.63, 3.8) is 0 Å². The molecule has 0 amide bonds. The first-order valence-corrected chi connectivity index (χ1v) is 17.9. The Morgan fingerprint density at radius 1 is 0.352 bits per heavy atom. The predicted molar refractivity (Wildman–Crippen MR) is 218 cm³/mol. The van der Waals surface area contributed by atoms with Crippen LogP contribution in [0.3, 0.4) is 0 Å². The van der Waals surface area contributed by atoms with E-state index < -0.39 is 0 Å². The molecule has 0 radical (unpaired) electrons. The third-order valence-corrected chi connectivity index (χ3v) is 10.3. The molecule has 5 aromatic heterocycles. The topological polar surface area (TPSA) is 74.3 Å². The Morgan fingerprint density at radius 2 is 0.852 bits per heavy atom. The Balaban J connectivity index is 1.10. The van der Waals surface area contributed by atoms with Crippen molar-refractivity contribution in [1.82, 2.24) is 34.1 Å². The monoisotopic (exact) mass is 691 g/mol. The van der Waals surface area contributed by atoms with E-state index in [9.17, 15) is 0 Å². The van der Waals surface area contributed by atoms with Crippen LogP contribution in [0.25, 0.3) is 100 Å². The first kappa shape index (κ1) is 30.1. The molecule has 0 unspecified atom stereocenters. The normalized spacial score (nSPS) is 11.7. The summed E-state index contributed by atoms with van der Waals surface area (Å²) in [7, 11) is 0. The maximum absolute atomic E-state index is 5.01. The van der Waals surface area contributed by atoms with Gasteiger partial charge in [-0.05, 0) is 83.2 Å². The summed E-state index contributed by atoms with van der Waals surface area (Å²) in [6.07, 6.45) is 3.50. The van der Waals surface area contributed by atoms with E-state index in [0.717, 1.165) is 32.9 Å². The lowest BCUT2D eigenvalue weighted by Crippen LogP contribution is -2.07. The van der Waals surface area contributed by atoms with Gasteiger partial charge < -0.3 is 4.57 Å². The number of hydrogen-bond acceptors (Lipinski definition) is 5. The molecular weight excluding hydrogens is 663 g/mol. The number of nitrogens with zero attached hydrogens (tertiary/aromatic N) is 7. The first-order valence-electron chi connectivity index (χ1n) is 17.9. The largest absolute Gasteiger partial charge is 0.309 e. The van der Waals surface area contributed by atoms with Gasteiger partial charge in [0.15, 0.2) is 11.6 Å². The predicted octanol–water partition coefficient (Wildman–Crippen LogP) is 11.0. The van der Waals surface area contributed by atoms with Crippen LogP contribution >= 0.6 is 0 Å². The molecule has 0 atom stereocenters. The summed E-state index contributed by atoms with van der Waals surface area (Å²) in [6.45, 7) is 0. The van der Waals surface area contributed by atoms with Crippen LogP contribution in [0.2, 0.25) is 0 Å². The van der Waals surface area contributed by atoms with Crippen LogP contribution in [0.15, 0.2) is 176 Å². The minimum Gasteiger partial charge on any atom is -0.309 e. The maximum Gasteiger partial charge on any atom is 0.238 e. The van der Waals surface area contributed by atoms with Gasteiger partial charge in [-0.1, -0.05) is 97.1 Å². The van der Waals surface area contributed by atoms with Crippen molar-refractivity contribution < 1.29 is 0 Å². The second-order valence-electron chi connectivity index (χ2n) is 13.4. The molecule has 0 N–H and O–H groups in total. The van der Waals surface area contributed by atoms with Gasteiger partial charge in [-0.15, -0.1) is 0 Å². The van der Waals surface area contributed by atoms with Crippen LogP contribution in [0, 0.1) is 0 Å². The highest BCUT2D eigenvalue weighted by Crippen LogP contribution is 2.39. The van der Waals surface area contributed by atoms with Gasteiger partial charge in [-0.2, -0.15) is 9.97 Å². The standard InChI is InChI=1S/C47H29N7/c1-2-14-33-30(12-1)13-11-21-40(33)53-41-19-5-3-15-34(41)36-28-31(22-24-43(36)53)32-23-25-44-37(29-32)35-16-4-6-20-42(35)54(44)47-51-45(38-17-7-9-26-48-38)50-46(52-47)39-18-8-10-27-49-39/h1-29H. The summed E-state index contributed by atoms with van der Waals surface area (Å²) in [5, 5.41) is 7.12. The van der Waals surface area contributed by atoms with E-state index in [1.165, 1.54) is 38.3 Å². The molecule has 6 aromatic carbocycles. The van der Waals surface area contributed by atoms with Crippen molar-refractivity contribution in [2.45, 2.75) is 0 Å². The number of rotatable bonds is 5. The van der Waals surface area contributed by atoms with Crippen molar-refractivity contribution in [2.24, 2.45) is 0 Å². The fourth-order valence-electron chi connectivity index (χ4n) is 7.87. The number of para-hydroxylation sites is 2. The Labute approximate surface area is 309 Å². The molecule has 0 saturated heterocycles. The fourth-order valence-corrected chi connectivity index (χ4v) is 7.87. The molecule has 5 heterocycles. The van der Waals surface area contributed by atoms with Gasteiger partial charge >= 0.3 is 0 Å². The Morgan fingerprint density at radius 3 is 1.46 bits per heavy atom. The number of benzene rings is 6. The van der Waals surface area contributed by atoms with Gasteiger partial charge in [0.05, 0.1) is 27.8 Å². The highest BCUT2D eigenvalue weighted by Gasteiger charge is 2.20. The first-order chi connectivity index (χ1) is 26.8. The summed E-state index contributed by atoms with van der Waals surface area (Å²) in [5.74, 6) is 1.48. The molecule has 0 bridgehead atoms. The Bertz CT molecular complexity index is 3160. The van der Waals surface area contributed by atoms with Crippen LogP contribution in [0.4, 0.5) is 0 Å². The maximum atomic E-state index is 5.01.